The lowest BCUT2D eigenvalue weighted by molar-refractivity contribution is -0.351. The maximum Gasteiger partial charge on any atom is 0.328 e. The molecule has 4 fully saturated rings. The van der Waals surface area contributed by atoms with Crippen LogP contribution in [0.1, 0.15) is 89.9 Å². The third-order valence-electron chi connectivity index (χ3n) is 10.1. The molecule has 6 unspecified atom stereocenters. The molecule has 0 heterocycles. The van der Waals surface area contributed by atoms with Gasteiger partial charge in [-0.2, -0.15) is 11.0 Å². The van der Waals surface area contributed by atoms with Gasteiger partial charge in [-0.3, -0.25) is 24.0 Å². The number of aliphatic carboxylic acids is 4. The molecular weight excluding hydrogens is 596 g/mol. The Bertz CT molecular complexity index is 1040. The van der Waals surface area contributed by atoms with Crippen molar-refractivity contribution in [3.05, 3.63) is 0 Å². The van der Waals surface area contributed by atoms with Crippen LogP contribution < -0.4 is 11.0 Å². The van der Waals surface area contributed by atoms with Crippen molar-refractivity contribution in [1.82, 2.24) is 11.0 Å². The molecule has 0 radical (unpaired) electrons. The fourth-order valence-corrected chi connectivity index (χ4v) is 7.26. The molecular formula is C30H46N2O13. The molecule has 0 aliphatic heterocycles. The van der Waals surface area contributed by atoms with Crippen molar-refractivity contribution in [2.24, 2.45) is 35.5 Å². The quantitative estimate of drug-likeness (QED) is 0.0909. The highest BCUT2D eigenvalue weighted by Crippen LogP contribution is 2.36. The fourth-order valence-electron chi connectivity index (χ4n) is 7.26. The number of hydrogen-bond acceptors (Lipinski definition) is 11. The highest BCUT2D eigenvalue weighted by molar-refractivity contribution is 5.82. The van der Waals surface area contributed by atoms with E-state index in [1.807, 2.05) is 0 Å². The van der Waals surface area contributed by atoms with Gasteiger partial charge in [0.15, 0.2) is 0 Å². The van der Waals surface area contributed by atoms with E-state index in [4.69, 9.17) is 19.5 Å². The standard InChI is InChI=1S/C30H46N2O13/c33-26(34)16-1-2-18(24(13-16)28(37)38)15-42-45-32-20-6-10-22(11-7-20)43-21-8-4-19(5-9-21)31-44-30(41)23-12-3-17(27(35)36)14-25(23)29(39)40/h16-25,31-32H,1-15H2,(H,33,34)(H,35,36)(H,37,38)(H,39,40). The van der Waals surface area contributed by atoms with Crippen LogP contribution in [0.3, 0.4) is 0 Å². The summed E-state index contributed by atoms with van der Waals surface area (Å²) in [7, 11) is 0. The predicted molar refractivity (Wildman–Crippen MR) is 152 cm³/mol. The van der Waals surface area contributed by atoms with Gasteiger partial charge in [-0.15, -0.1) is 4.99 Å². The van der Waals surface area contributed by atoms with Crippen LogP contribution in [0.5, 0.6) is 0 Å². The Kier molecular flexibility index (Phi) is 12.9. The van der Waals surface area contributed by atoms with E-state index < -0.39 is 59.4 Å². The Hall–Kier alpha value is -2.85. The largest absolute Gasteiger partial charge is 0.481 e. The minimum Gasteiger partial charge on any atom is -0.481 e. The second-order valence-corrected chi connectivity index (χ2v) is 13.1. The van der Waals surface area contributed by atoms with Crippen molar-refractivity contribution in [2.45, 2.75) is 114 Å². The van der Waals surface area contributed by atoms with Crippen LogP contribution in [0.2, 0.25) is 0 Å². The molecule has 45 heavy (non-hydrogen) atoms. The zero-order chi connectivity index (χ0) is 32.5. The Labute approximate surface area is 261 Å². The SMILES string of the molecule is O=C(O)C1CCC(COONC2CCC(OC3CCC(NOC(=O)C4CCC(C(=O)O)CC4C(=O)O)CC3)CC2)C(C(=O)O)C1. The van der Waals surface area contributed by atoms with E-state index in [9.17, 15) is 44.4 Å². The van der Waals surface area contributed by atoms with Gasteiger partial charge in [-0.05, 0) is 95.8 Å². The topological polar surface area (TPSA) is 227 Å². The van der Waals surface area contributed by atoms with E-state index in [2.05, 4.69) is 11.0 Å². The summed E-state index contributed by atoms with van der Waals surface area (Å²) in [5, 5.41) is 37.4. The first-order valence-electron chi connectivity index (χ1n) is 16.1. The number of carboxylic acids is 4. The molecule has 0 aromatic heterocycles. The van der Waals surface area contributed by atoms with Crippen LogP contribution in [0.15, 0.2) is 0 Å². The predicted octanol–water partition coefficient (Wildman–Crippen LogP) is 2.53. The summed E-state index contributed by atoms with van der Waals surface area (Å²) in [6.45, 7) is 0.0716. The van der Waals surface area contributed by atoms with Gasteiger partial charge in [0.2, 0.25) is 0 Å². The third-order valence-corrected chi connectivity index (χ3v) is 10.1. The molecule has 6 atom stereocenters. The first kappa shape index (κ1) is 35.0. The summed E-state index contributed by atoms with van der Waals surface area (Å²) in [6, 6.07) is -0.0000940. The molecule has 0 amide bonds. The summed E-state index contributed by atoms with van der Waals surface area (Å²) in [4.78, 5) is 74.1. The molecule has 0 aromatic carbocycles. The molecule has 0 aromatic rings. The van der Waals surface area contributed by atoms with Crippen molar-refractivity contribution < 1.29 is 63.8 Å². The lowest BCUT2D eigenvalue weighted by Gasteiger charge is -2.35. The van der Waals surface area contributed by atoms with Gasteiger partial charge < -0.3 is 30.0 Å². The maximum absolute atomic E-state index is 12.6. The molecule has 4 aliphatic carbocycles. The minimum absolute atomic E-state index is 0.0670. The van der Waals surface area contributed by atoms with Gasteiger partial charge in [0.1, 0.15) is 0 Å². The molecule has 0 bridgehead atoms. The second-order valence-electron chi connectivity index (χ2n) is 13.1. The van der Waals surface area contributed by atoms with Crippen LogP contribution in [0.25, 0.3) is 0 Å². The van der Waals surface area contributed by atoms with Gasteiger partial charge in [0, 0.05) is 12.1 Å². The maximum atomic E-state index is 12.6. The van der Waals surface area contributed by atoms with Gasteiger partial charge in [0.05, 0.1) is 48.4 Å². The first-order valence-corrected chi connectivity index (χ1v) is 16.1. The number of carbonyl (C=O) groups excluding carboxylic acids is 1. The van der Waals surface area contributed by atoms with E-state index >= 15 is 0 Å². The van der Waals surface area contributed by atoms with Crippen molar-refractivity contribution in [3.63, 3.8) is 0 Å². The van der Waals surface area contributed by atoms with Crippen molar-refractivity contribution in [1.29, 1.82) is 0 Å². The smallest absolute Gasteiger partial charge is 0.328 e. The number of carboxylic acid groups (broad SMARTS) is 4. The third kappa shape index (κ3) is 10.1. The van der Waals surface area contributed by atoms with Crippen molar-refractivity contribution >= 4 is 29.8 Å². The number of carbonyl (C=O) groups is 5. The molecule has 15 nitrogen and oxygen atoms in total. The van der Waals surface area contributed by atoms with Crippen LogP contribution in [-0.4, -0.2) is 81.2 Å². The Morgan fingerprint density at radius 3 is 1.60 bits per heavy atom. The van der Waals surface area contributed by atoms with E-state index in [0.29, 0.717) is 12.8 Å². The summed E-state index contributed by atoms with van der Waals surface area (Å²) in [5.41, 5.74) is 5.70. The number of hydroxylamine groups is 2. The highest BCUT2D eigenvalue weighted by atomic mass is 17.3. The number of hydrogen-bond donors (Lipinski definition) is 6. The van der Waals surface area contributed by atoms with Crippen molar-refractivity contribution in [3.8, 4) is 0 Å². The molecule has 0 spiro atoms. The van der Waals surface area contributed by atoms with Gasteiger partial charge >= 0.3 is 29.8 Å². The summed E-state index contributed by atoms with van der Waals surface area (Å²) in [6.07, 6.45) is 7.84. The highest BCUT2D eigenvalue weighted by Gasteiger charge is 2.43. The molecule has 6 N–H and O–H groups in total. The monoisotopic (exact) mass is 642 g/mol. The zero-order valence-electron chi connectivity index (χ0n) is 25.3. The van der Waals surface area contributed by atoms with Crippen molar-refractivity contribution in [2.75, 3.05) is 6.61 Å². The summed E-state index contributed by atoms with van der Waals surface area (Å²) >= 11 is 0. The Balaban J connectivity index is 1.06. The number of ether oxygens (including phenoxy) is 1. The lowest BCUT2D eigenvalue weighted by atomic mass is 9.74. The average Bonchev–Trinajstić information content (AvgIpc) is 3.02. The van der Waals surface area contributed by atoms with Crippen LogP contribution >= 0.6 is 0 Å². The molecule has 4 aliphatic rings. The Morgan fingerprint density at radius 2 is 1.07 bits per heavy atom. The first-order chi connectivity index (χ1) is 21.5. The molecule has 4 rings (SSSR count). The molecule has 4 saturated carbocycles. The lowest BCUT2D eigenvalue weighted by Crippen LogP contribution is -2.43. The Morgan fingerprint density at radius 1 is 0.556 bits per heavy atom. The van der Waals surface area contributed by atoms with E-state index in [1.54, 1.807) is 0 Å². The second kappa shape index (κ2) is 16.6. The fraction of sp³-hybridized carbons (Fsp3) is 0.833. The van der Waals surface area contributed by atoms with E-state index in [0.717, 1.165) is 51.4 Å². The number of rotatable bonds is 14. The van der Waals surface area contributed by atoms with Crippen LogP contribution in [0.4, 0.5) is 0 Å². The van der Waals surface area contributed by atoms with E-state index in [-0.39, 0.29) is 62.5 Å². The molecule has 15 heteroatoms. The molecule has 254 valence electrons. The number of nitrogens with one attached hydrogen (secondary N) is 2. The van der Waals surface area contributed by atoms with Gasteiger partial charge in [0.25, 0.3) is 0 Å². The van der Waals surface area contributed by atoms with Gasteiger partial charge in [-0.1, -0.05) is 0 Å². The van der Waals surface area contributed by atoms with Crippen LogP contribution in [-0.2, 0) is 43.4 Å². The summed E-state index contributed by atoms with van der Waals surface area (Å²) in [5.74, 6) is -9.31. The minimum atomic E-state index is -1.19. The normalized spacial score (nSPS) is 35.6. The van der Waals surface area contributed by atoms with Gasteiger partial charge in [-0.25, -0.2) is 4.89 Å². The molecule has 0 saturated heterocycles. The van der Waals surface area contributed by atoms with E-state index in [1.165, 1.54) is 0 Å². The average molecular weight is 643 g/mol. The summed E-state index contributed by atoms with van der Waals surface area (Å²) < 4.78 is 6.34. The van der Waals surface area contributed by atoms with Crippen LogP contribution in [0, 0.1) is 35.5 Å². The zero-order valence-corrected chi connectivity index (χ0v) is 25.3.